The van der Waals surface area contributed by atoms with Gasteiger partial charge in [0.2, 0.25) is 0 Å². The van der Waals surface area contributed by atoms with Gasteiger partial charge >= 0.3 is 11.9 Å². The van der Waals surface area contributed by atoms with Crippen LogP contribution in [0.3, 0.4) is 0 Å². The zero-order valence-corrected chi connectivity index (χ0v) is 18.9. The van der Waals surface area contributed by atoms with Crippen LogP contribution in [0.5, 0.6) is 0 Å². The summed E-state index contributed by atoms with van der Waals surface area (Å²) in [6, 6.07) is 5.82. The Kier molecular flexibility index (Phi) is 11.0. The van der Waals surface area contributed by atoms with E-state index in [0.717, 1.165) is 18.4 Å². The fourth-order valence-electron chi connectivity index (χ4n) is 4.17. The minimum Gasteiger partial charge on any atom is -0.481 e. The molecule has 1 rings (SSSR count). The number of unbranched alkanes of at least 4 members (excludes halogenated alkanes) is 6. The monoisotopic (exact) mass is 404 g/mol. The zero-order valence-electron chi connectivity index (χ0n) is 18.9. The van der Waals surface area contributed by atoms with Gasteiger partial charge in [-0.2, -0.15) is 0 Å². The van der Waals surface area contributed by atoms with E-state index in [9.17, 15) is 19.8 Å². The molecule has 0 spiro atoms. The van der Waals surface area contributed by atoms with E-state index in [1.165, 1.54) is 38.5 Å². The zero-order chi connectivity index (χ0) is 22.0. The molecule has 2 N–H and O–H groups in total. The Bertz CT molecular complexity index is 648. The summed E-state index contributed by atoms with van der Waals surface area (Å²) >= 11 is 0. The number of hydrogen-bond donors (Lipinski definition) is 2. The van der Waals surface area contributed by atoms with E-state index in [-0.39, 0.29) is 11.8 Å². The molecule has 0 saturated carbocycles. The Labute approximate surface area is 176 Å². The standard InChI is InChI=1S/C25H40O4/c1-6-7-8-9-10-11-12-13-19-14-15-20(22(17(2)3)24(26)27)21(16-19)23(18(4)5)25(28)29/h14-18,22-23H,6-13H2,1-5H3,(H,26,27)(H,28,29). The average Bonchev–Trinajstić information content (AvgIpc) is 2.61. The molecule has 2 atom stereocenters. The topological polar surface area (TPSA) is 74.6 Å². The van der Waals surface area contributed by atoms with Crippen LogP contribution in [-0.2, 0) is 16.0 Å². The normalized spacial score (nSPS) is 13.6. The third-order valence-corrected chi connectivity index (χ3v) is 5.76. The van der Waals surface area contributed by atoms with Crippen molar-refractivity contribution in [2.45, 2.75) is 97.8 Å². The first-order valence-corrected chi connectivity index (χ1v) is 11.3. The molecule has 0 saturated heterocycles. The van der Waals surface area contributed by atoms with Gasteiger partial charge < -0.3 is 10.2 Å². The van der Waals surface area contributed by atoms with Crippen LogP contribution >= 0.6 is 0 Å². The summed E-state index contributed by atoms with van der Waals surface area (Å²) in [5, 5.41) is 19.6. The molecule has 0 heterocycles. The van der Waals surface area contributed by atoms with E-state index >= 15 is 0 Å². The summed E-state index contributed by atoms with van der Waals surface area (Å²) < 4.78 is 0. The predicted molar refractivity (Wildman–Crippen MR) is 119 cm³/mol. The van der Waals surface area contributed by atoms with Gasteiger partial charge in [0.15, 0.2) is 0 Å². The summed E-state index contributed by atoms with van der Waals surface area (Å²) in [6.07, 6.45) is 9.54. The van der Waals surface area contributed by atoms with Crippen LogP contribution in [0.2, 0.25) is 0 Å². The highest BCUT2D eigenvalue weighted by molar-refractivity contribution is 5.81. The number of benzene rings is 1. The van der Waals surface area contributed by atoms with Gasteiger partial charge in [0.1, 0.15) is 0 Å². The van der Waals surface area contributed by atoms with Gasteiger partial charge in [0.05, 0.1) is 11.8 Å². The van der Waals surface area contributed by atoms with Gasteiger partial charge in [0, 0.05) is 0 Å². The molecule has 2 unspecified atom stereocenters. The summed E-state index contributed by atoms with van der Waals surface area (Å²) in [5.74, 6) is -3.39. The Morgan fingerprint density at radius 1 is 0.759 bits per heavy atom. The minimum absolute atomic E-state index is 0.109. The molecule has 29 heavy (non-hydrogen) atoms. The molecule has 0 radical (unpaired) electrons. The molecular weight excluding hydrogens is 364 g/mol. The number of carboxylic acid groups (broad SMARTS) is 2. The second kappa shape index (κ2) is 12.7. The molecular formula is C25H40O4. The molecule has 0 amide bonds. The number of carbonyl (C=O) groups is 2. The molecule has 1 aromatic carbocycles. The lowest BCUT2D eigenvalue weighted by Crippen LogP contribution is -2.24. The molecule has 0 aliphatic carbocycles. The lowest BCUT2D eigenvalue weighted by atomic mass is 9.78. The van der Waals surface area contributed by atoms with E-state index in [1.54, 1.807) is 0 Å². The Morgan fingerprint density at radius 3 is 1.72 bits per heavy atom. The Balaban J connectivity index is 3.07. The number of aliphatic carboxylic acids is 2. The SMILES string of the molecule is CCCCCCCCCc1ccc(C(C(=O)O)C(C)C)c(C(C(=O)O)C(C)C)c1. The van der Waals surface area contributed by atoms with Crippen molar-refractivity contribution < 1.29 is 19.8 Å². The maximum Gasteiger partial charge on any atom is 0.311 e. The van der Waals surface area contributed by atoms with Crippen molar-refractivity contribution in [3.05, 3.63) is 34.9 Å². The number of rotatable bonds is 14. The van der Waals surface area contributed by atoms with E-state index in [4.69, 9.17) is 0 Å². The third kappa shape index (κ3) is 7.83. The van der Waals surface area contributed by atoms with Gasteiger partial charge in [-0.15, -0.1) is 0 Å². The maximum atomic E-state index is 12.0. The minimum atomic E-state index is -0.894. The van der Waals surface area contributed by atoms with Crippen molar-refractivity contribution in [3.8, 4) is 0 Å². The Morgan fingerprint density at radius 2 is 1.24 bits per heavy atom. The highest BCUT2D eigenvalue weighted by atomic mass is 16.4. The second-order valence-electron chi connectivity index (χ2n) is 8.95. The van der Waals surface area contributed by atoms with Gasteiger partial charge in [0.25, 0.3) is 0 Å². The van der Waals surface area contributed by atoms with Crippen molar-refractivity contribution in [2.75, 3.05) is 0 Å². The van der Waals surface area contributed by atoms with Crippen LogP contribution in [0.15, 0.2) is 18.2 Å². The molecule has 1 aromatic rings. The number of carboxylic acids is 2. The summed E-state index contributed by atoms with van der Waals surface area (Å²) in [6.45, 7) is 9.74. The van der Waals surface area contributed by atoms with E-state index in [0.29, 0.717) is 11.1 Å². The van der Waals surface area contributed by atoms with Crippen molar-refractivity contribution >= 4 is 11.9 Å². The molecule has 0 aromatic heterocycles. The van der Waals surface area contributed by atoms with Gasteiger partial charge in [-0.05, 0) is 41.4 Å². The molecule has 0 aliphatic rings. The van der Waals surface area contributed by atoms with Crippen molar-refractivity contribution in [1.82, 2.24) is 0 Å². The van der Waals surface area contributed by atoms with Crippen molar-refractivity contribution in [2.24, 2.45) is 11.8 Å². The van der Waals surface area contributed by atoms with Crippen LogP contribution in [0.1, 0.15) is 108 Å². The summed E-state index contributed by atoms with van der Waals surface area (Å²) in [7, 11) is 0. The van der Waals surface area contributed by atoms with Crippen LogP contribution in [0.4, 0.5) is 0 Å². The largest absolute Gasteiger partial charge is 0.481 e. The van der Waals surface area contributed by atoms with Crippen LogP contribution in [0, 0.1) is 11.8 Å². The molecule has 4 nitrogen and oxygen atoms in total. The Hall–Kier alpha value is -1.84. The maximum absolute atomic E-state index is 12.0. The van der Waals surface area contributed by atoms with Crippen molar-refractivity contribution in [1.29, 1.82) is 0 Å². The van der Waals surface area contributed by atoms with Crippen LogP contribution in [-0.4, -0.2) is 22.2 Å². The number of aryl methyl sites for hydroxylation is 1. The van der Waals surface area contributed by atoms with E-state index < -0.39 is 23.8 Å². The number of hydrogen-bond acceptors (Lipinski definition) is 2. The van der Waals surface area contributed by atoms with Gasteiger partial charge in [-0.25, -0.2) is 0 Å². The second-order valence-corrected chi connectivity index (χ2v) is 8.95. The highest BCUT2D eigenvalue weighted by Gasteiger charge is 2.32. The highest BCUT2D eigenvalue weighted by Crippen LogP contribution is 2.36. The van der Waals surface area contributed by atoms with E-state index in [2.05, 4.69) is 6.92 Å². The quantitative estimate of drug-likeness (QED) is 0.341. The molecule has 164 valence electrons. The first kappa shape index (κ1) is 25.2. The molecule has 0 aliphatic heterocycles. The molecule has 0 bridgehead atoms. The van der Waals surface area contributed by atoms with Gasteiger partial charge in [-0.1, -0.05) is 91.3 Å². The van der Waals surface area contributed by atoms with Crippen LogP contribution < -0.4 is 0 Å². The first-order chi connectivity index (χ1) is 13.7. The predicted octanol–water partition coefficient (Wildman–Crippen LogP) is 6.63. The van der Waals surface area contributed by atoms with Crippen LogP contribution in [0.25, 0.3) is 0 Å². The third-order valence-electron chi connectivity index (χ3n) is 5.76. The summed E-state index contributed by atoms with van der Waals surface area (Å²) in [4.78, 5) is 23.9. The fourth-order valence-corrected chi connectivity index (χ4v) is 4.17. The van der Waals surface area contributed by atoms with Gasteiger partial charge in [-0.3, -0.25) is 9.59 Å². The average molecular weight is 405 g/mol. The molecule has 4 heteroatoms. The first-order valence-electron chi connectivity index (χ1n) is 11.3. The van der Waals surface area contributed by atoms with Crippen molar-refractivity contribution in [3.63, 3.8) is 0 Å². The molecule has 0 fully saturated rings. The lowest BCUT2D eigenvalue weighted by Gasteiger charge is -2.26. The fraction of sp³-hybridized carbons (Fsp3) is 0.680. The smallest absolute Gasteiger partial charge is 0.311 e. The summed E-state index contributed by atoms with van der Waals surface area (Å²) in [5.41, 5.74) is 2.43. The van der Waals surface area contributed by atoms with E-state index in [1.807, 2.05) is 45.9 Å². The lowest BCUT2D eigenvalue weighted by molar-refractivity contribution is -0.141.